The van der Waals surface area contributed by atoms with Crippen LogP contribution in [0.2, 0.25) is 5.15 Å². The van der Waals surface area contributed by atoms with E-state index in [1.165, 1.54) is 11.3 Å². The van der Waals surface area contributed by atoms with Gasteiger partial charge < -0.3 is 11.1 Å². The molecule has 0 unspecified atom stereocenters. The maximum absolute atomic E-state index is 11.5. The Bertz CT molecular complexity index is 391. The third kappa shape index (κ3) is 3.49. The molecule has 0 fully saturated rings. The Morgan fingerprint density at radius 1 is 1.60 bits per heavy atom. The molecule has 1 rings (SSSR count). The number of nitrogens with zero attached hydrogens (tertiary/aromatic N) is 1. The quantitative estimate of drug-likeness (QED) is 0.822. The van der Waals surface area contributed by atoms with Gasteiger partial charge in [0, 0.05) is 13.0 Å². The Morgan fingerprint density at radius 2 is 2.27 bits per heavy atom. The molecule has 0 aliphatic rings. The van der Waals surface area contributed by atoms with E-state index in [1.807, 2.05) is 0 Å². The molecule has 0 aliphatic carbocycles. The molecule has 0 aromatic carbocycles. The van der Waals surface area contributed by atoms with Crippen LogP contribution in [0, 0.1) is 6.92 Å². The van der Waals surface area contributed by atoms with Crippen molar-refractivity contribution >= 4 is 34.8 Å². The van der Waals surface area contributed by atoms with Crippen molar-refractivity contribution in [3.05, 3.63) is 15.0 Å². The Hall–Kier alpha value is -1.14. The van der Waals surface area contributed by atoms with Crippen molar-refractivity contribution in [1.82, 2.24) is 10.3 Å². The summed E-state index contributed by atoms with van der Waals surface area (Å²) in [6.45, 7) is 1.97. The first-order valence-electron chi connectivity index (χ1n) is 4.20. The van der Waals surface area contributed by atoms with Gasteiger partial charge in [0.1, 0.15) is 4.88 Å². The molecule has 1 heterocycles. The summed E-state index contributed by atoms with van der Waals surface area (Å²) in [5.74, 6) is -0.784. The van der Waals surface area contributed by atoms with Gasteiger partial charge in [-0.25, -0.2) is 4.98 Å². The first-order chi connectivity index (χ1) is 7.00. The number of aromatic nitrogens is 1. The van der Waals surface area contributed by atoms with E-state index < -0.39 is 5.91 Å². The minimum atomic E-state index is -0.457. The van der Waals surface area contributed by atoms with Crippen LogP contribution in [0.5, 0.6) is 0 Å². The van der Waals surface area contributed by atoms with Gasteiger partial charge in [0.25, 0.3) is 5.91 Å². The number of rotatable bonds is 4. The number of nitrogens with two attached hydrogens (primary N) is 1. The summed E-state index contributed by atoms with van der Waals surface area (Å²) in [5.41, 5.74) is 4.93. The first kappa shape index (κ1) is 11.9. The molecule has 0 bridgehead atoms. The van der Waals surface area contributed by atoms with Crippen molar-refractivity contribution in [2.75, 3.05) is 6.54 Å². The molecule has 0 atom stereocenters. The number of hydrogen-bond donors (Lipinski definition) is 2. The van der Waals surface area contributed by atoms with Gasteiger partial charge in [0.05, 0.1) is 5.01 Å². The summed E-state index contributed by atoms with van der Waals surface area (Å²) < 4.78 is 0. The normalized spacial score (nSPS) is 10.0. The van der Waals surface area contributed by atoms with Gasteiger partial charge in [0.15, 0.2) is 5.15 Å². The fourth-order valence-electron chi connectivity index (χ4n) is 0.921. The largest absolute Gasteiger partial charge is 0.370 e. The third-order valence-electron chi connectivity index (χ3n) is 1.56. The van der Waals surface area contributed by atoms with Crippen LogP contribution in [0.15, 0.2) is 0 Å². The summed E-state index contributed by atoms with van der Waals surface area (Å²) >= 11 is 6.94. The highest BCUT2D eigenvalue weighted by Gasteiger charge is 2.14. The molecule has 7 heteroatoms. The second-order valence-electron chi connectivity index (χ2n) is 2.83. The molecule has 1 aromatic rings. The van der Waals surface area contributed by atoms with E-state index in [9.17, 15) is 9.59 Å². The van der Waals surface area contributed by atoms with Gasteiger partial charge >= 0.3 is 0 Å². The first-order valence-corrected chi connectivity index (χ1v) is 5.39. The number of halogens is 1. The summed E-state index contributed by atoms with van der Waals surface area (Å²) in [6.07, 6.45) is 0.112. The van der Waals surface area contributed by atoms with Crippen LogP contribution in [0.25, 0.3) is 0 Å². The van der Waals surface area contributed by atoms with E-state index in [0.29, 0.717) is 4.88 Å². The summed E-state index contributed by atoms with van der Waals surface area (Å²) in [4.78, 5) is 26.2. The van der Waals surface area contributed by atoms with Crippen molar-refractivity contribution in [3.63, 3.8) is 0 Å². The third-order valence-corrected chi connectivity index (χ3v) is 2.91. The average molecular weight is 248 g/mol. The highest BCUT2D eigenvalue weighted by Crippen LogP contribution is 2.21. The van der Waals surface area contributed by atoms with E-state index in [4.69, 9.17) is 17.3 Å². The fourth-order valence-corrected chi connectivity index (χ4v) is 2.03. The Labute approximate surface area is 95.6 Å². The minimum Gasteiger partial charge on any atom is -0.370 e. The van der Waals surface area contributed by atoms with Crippen LogP contribution < -0.4 is 11.1 Å². The molecule has 15 heavy (non-hydrogen) atoms. The molecule has 0 saturated heterocycles. The summed E-state index contributed by atoms with van der Waals surface area (Å²) in [6, 6.07) is 0. The highest BCUT2D eigenvalue weighted by molar-refractivity contribution is 7.14. The summed E-state index contributed by atoms with van der Waals surface area (Å²) in [5, 5.41) is 3.44. The molecule has 0 spiro atoms. The highest BCUT2D eigenvalue weighted by atomic mass is 35.5. The lowest BCUT2D eigenvalue weighted by Crippen LogP contribution is -2.27. The van der Waals surface area contributed by atoms with Gasteiger partial charge in [-0.15, -0.1) is 11.3 Å². The fraction of sp³-hybridized carbons (Fsp3) is 0.375. The molecule has 2 amide bonds. The zero-order valence-electron chi connectivity index (χ0n) is 8.04. The zero-order valence-corrected chi connectivity index (χ0v) is 9.61. The number of carbonyl (C=O) groups is 2. The predicted octanol–water partition coefficient (Wildman–Crippen LogP) is 0.710. The van der Waals surface area contributed by atoms with Crippen LogP contribution in [0.3, 0.4) is 0 Å². The van der Waals surface area contributed by atoms with Crippen LogP contribution in [0.4, 0.5) is 0 Å². The molecule has 5 nitrogen and oxygen atoms in total. The second-order valence-corrected chi connectivity index (χ2v) is 4.39. The lowest BCUT2D eigenvalue weighted by atomic mass is 10.4. The second kappa shape index (κ2) is 5.09. The van der Waals surface area contributed by atoms with Gasteiger partial charge in [-0.1, -0.05) is 11.6 Å². The Kier molecular flexibility index (Phi) is 4.05. The van der Waals surface area contributed by atoms with E-state index in [1.54, 1.807) is 6.92 Å². The maximum Gasteiger partial charge on any atom is 0.264 e. The Morgan fingerprint density at radius 3 is 2.73 bits per heavy atom. The van der Waals surface area contributed by atoms with Gasteiger partial charge in [0.2, 0.25) is 5.91 Å². The van der Waals surface area contributed by atoms with E-state index >= 15 is 0 Å². The SMILES string of the molecule is Cc1nc(Cl)c(C(=O)NCCC(N)=O)s1. The molecular formula is C8H10ClN3O2S. The molecular weight excluding hydrogens is 238 g/mol. The predicted molar refractivity (Wildman–Crippen MR) is 58.0 cm³/mol. The van der Waals surface area contributed by atoms with Crippen LogP contribution >= 0.6 is 22.9 Å². The van der Waals surface area contributed by atoms with Crippen molar-refractivity contribution in [3.8, 4) is 0 Å². The van der Waals surface area contributed by atoms with Crippen LogP contribution in [-0.4, -0.2) is 23.3 Å². The van der Waals surface area contributed by atoms with E-state index in [0.717, 1.165) is 5.01 Å². The van der Waals surface area contributed by atoms with Gasteiger partial charge in [-0.2, -0.15) is 0 Å². The van der Waals surface area contributed by atoms with Crippen molar-refractivity contribution < 1.29 is 9.59 Å². The standard InChI is InChI=1S/C8H10ClN3O2S/c1-4-12-7(9)6(15-4)8(14)11-3-2-5(10)13/h2-3H2,1H3,(H2,10,13)(H,11,14). The number of hydrogen-bond acceptors (Lipinski definition) is 4. The lowest BCUT2D eigenvalue weighted by molar-refractivity contribution is -0.117. The van der Waals surface area contributed by atoms with Crippen molar-refractivity contribution in [1.29, 1.82) is 0 Å². The number of primary amides is 1. The summed E-state index contributed by atoms with van der Waals surface area (Å²) in [7, 11) is 0. The molecule has 0 saturated carbocycles. The topological polar surface area (TPSA) is 85.1 Å². The average Bonchev–Trinajstić information content (AvgIpc) is 2.44. The van der Waals surface area contributed by atoms with Crippen molar-refractivity contribution in [2.24, 2.45) is 5.73 Å². The molecule has 3 N–H and O–H groups in total. The molecule has 0 aliphatic heterocycles. The number of aryl methyl sites for hydroxylation is 1. The van der Waals surface area contributed by atoms with Crippen LogP contribution in [-0.2, 0) is 4.79 Å². The monoisotopic (exact) mass is 247 g/mol. The molecule has 1 aromatic heterocycles. The van der Waals surface area contributed by atoms with Gasteiger partial charge in [-0.05, 0) is 6.92 Å². The smallest absolute Gasteiger partial charge is 0.264 e. The van der Waals surface area contributed by atoms with Crippen molar-refractivity contribution in [2.45, 2.75) is 13.3 Å². The molecule has 82 valence electrons. The van der Waals surface area contributed by atoms with Gasteiger partial charge in [-0.3, -0.25) is 9.59 Å². The Balaban J connectivity index is 2.54. The number of amides is 2. The molecule has 0 radical (unpaired) electrons. The number of carbonyl (C=O) groups excluding carboxylic acids is 2. The van der Waals surface area contributed by atoms with E-state index in [2.05, 4.69) is 10.3 Å². The lowest BCUT2D eigenvalue weighted by Gasteiger charge is -2.00. The van der Waals surface area contributed by atoms with E-state index in [-0.39, 0.29) is 24.0 Å². The maximum atomic E-state index is 11.5. The number of nitrogens with one attached hydrogen (secondary N) is 1. The number of thiazole rings is 1. The minimum absolute atomic E-state index is 0.112. The zero-order chi connectivity index (χ0) is 11.4. The van der Waals surface area contributed by atoms with Crippen LogP contribution in [0.1, 0.15) is 21.1 Å².